The SMILES string of the molecule is Cc1c(F)cc(C(N)=O)cc1NCC1CCCO1. The van der Waals surface area contributed by atoms with Gasteiger partial charge in [0.05, 0.1) is 6.10 Å². The maximum Gasteiger partial charge on any atom is 0.248 e. The van der Waals surface area contributed by atoms with E-state index in [4.69, 9.17) is 10.5 Å². The molecule has 0 radical (unpaired) electrons. The number of ether oxygens (including phenoxy) is 1. The number of anilines is 1. The number of rotatable bonds is 4. The number of carbonyl (C=O) groups is 1. The molecule has 1 aliphatic heterocycles. The minimum Gasteiger partial charge on any atom is -0.382 e. The molecule has 0 bridgehead atoms. The number of carbonyl (C=O) groups excluding carboxylic acids is 1. The van der Waals surface area contributed by atoms with Crippen LogP contribution in [0.4, 0.5) is 10.1 Å². The van der Waals surface area contributed by atoms with Gasteiger partial charge < -0.3 is 15.8 Å². The molecule has 1 heterocycles. The monoisotopic (exact) mass is 252 g/mol. The van der Waals surface area contributed by atoms with Crippen molar-refractivity contribution in [1.29, 1.82) is 0 Å². The Morgan fingerprint density at radius 3 is 3.00 bits per heavy atom. The van der Waals surface area contributed by atoms with Crippen LogP contribution < -0.4 is 11.1 Å². The van der Waals surface area contributed by atoms with E-state index in [-0.39, 0.29) is 11.7 Å². The second-order valence-electron chi connectivity index (χ2n) is 4.51. The van der Waals surface area contributed by atoms with E-state index < -0.39 is 11.7 Å². The quantitative estimate of drug-likeness (QED) is 0.859. The molecule has 1 fully saturated rings. The van der Waals surface area contributed by atoms with Gasteiger partial charge in [-0.2, -0.15) is 0 Å². The number of primary amides is 1. The predicted molar refractivity (Wildman–Crippen MR) is 67.1 cm³/mol. The molecule has 1 unspecified atom stereocenters. The molecule has 1 amide bonds. The fourth-order valence-electron chi connectivity index (χ4n) is 2.03. The summed E-state index contributed by atoms with van der Waals surface area (Å²) in [6, 6.07) is 2.74. The van der Waals surface area contributed by atoms with Crippen molar-refractivity contribution < 1.29 is 13.9 Å². The van der Waals surface area contributed by atoms with E-state index in [1.807, 2.05) is 0 Å². The van der Waals surface area contributed by atoms with Gasteiger partial charge in [0.15, 0.2) is 0 Å². The number of nitrogens with one attached hydrogen (secondary N) is 1. The van der Waals surface area contributed by atoms with E-state index in [0.717, 1.165) is 25.5 Å². The van der Waals surface area contributed by atoms with Crippen molar-refractivity contribution in [3.63, 3.8) is 0 Å². The van der Waals surface area contributed by atoms with Crippen LogP contribution in [0.25, 0.3) is 0 Å². The zero-order valence-electron chi connectivity index (χ0n) is 10.3. The van der Waals surface area contributed by atoms with Crippen molar-refractivity contribution in [1.82, 2.24) is 0 Å². The molecule has 1 atom stereocenters. The molecule has 4 nitrogen and oxygen atoms in total. The maximum atomic E-state index is 13.6. The molecular weight excluding hydrogens is 235 g/mol. The molecule has 3 N–H and O–H groups in total. The fraction of sp³-hybridized carbons (Fsp3) is 0.462. The van der Waals surface area contributed by atoms with Gasteiger partial charge in [0, 0.05) is 30.0 Å². The molecule has 1 aliphatic rings. The fourth-order valence-corrected chi connectivity index (χ4v) is 2.03. The number of amides is 1. The lowest BCUT2D eigenvalue weighted by Crippen LogP contribution is -2.20. The summed E-state index contributed by atoms with van der Waals surface area (Å²) in [5.41, 5.74) is 6.42. The number of halogens is 1. The van der Waals surface area contributed by atoms with Crippen molar-refractivity contribution in [3.05, 3.63) is 29.1 Å². The molecule has 18 heavy (non-hydrogen) atoms. The first-order valence-corrected chi connectivity index (χ1v) is 6.03. The van der Waals surface area contributed by atoms with Gasteiger partial charge in [0.2, 0.25) is 5.91 Å². The number of nitrogens with two attached hydrogens (primary N) is 1. The molecule has 1 aromatic carbocycles. The number of hydrogen-bond acceptors (Lipinski definition) is 3. The zero-order chi connectivity index (χ0) is 13.1. The summed E-state index contributed by atoms with van der Waals surface area (Å²) in [7, 11) is 0. The Morgan fingerprint density at radius 1 is 1.61 bits per heavy atom. The van der Waals surface area contributed by atoms with Crippen LogP contribution in [-0.2, 0) is 4.74 Å². The standard InChI is InChI=1S/C13H17FN2O2/c1-8-11(14)5-9(13(15)17)6-12(8)16-7-10-3-2-4-18-10/h5-6,10,16H,2-4,7H2,1H3,(H2,15,17). The summed E-state index contributed by atoms with van der Waals surface area (Å²) in [6.07, 6.45) is 2.22. The van der Waals surface area contributed by atoms with Crippen LogP contribution in [0.5, 0.6) is 0 Å². The minimum absolute atomic E-state index is 0.157. The Kier molecular flexibility index (Phi) is 3.81. The molecule has 0 aliphatic carbocycles. The van der Waals surface area contributed by atoms with E-state index in [1.165, 1.54) is 0 Å². The van der Waals surface area contributed by atoms with Gasteiger partial charge in [-0.15, -0.1) is 0 Å². The average molecular weight is 252 g/mol. The van der Waals surface area contributed by atoms with E-state index in [0.29, 0.717) is 17.8 Å². The van der Waals surface area contributed by atoms with Gasteiger partial charge in [0.25, 0.3) is 0 Å². The third-order valence-corrected chi connectivity index (χ3v) is 3.17. The van der Waals surface area contributed by atoms with Crippen LogP contribution in [0.1, 0.15) is 28.8 Å². The van der Waals surface area contributed by atoms with Crippen LogP contribution in [0.2, 0.25) is 0 Å². The lowest BCUT2D eigenvalue weighted by Gasteiger charge is -2.15. The summed E-state index contributed by atoms with van der Waals surface area (Å²) in [6.45, 7) is 3.06. The smallest absolute Gasteiger partial charge is 0.248 e. The molecule has 2 rings (SSSR count). The van der Waals surface area contributed by atoms with Crippen molar-refractivity contribution in [2.75, 3.05) is 18.5 Å². The molecule has 98 valence electrons. The Balaban J connectivity index is 2.12. The predicted octanol–water partition coefficient (Wildman–Crippen LogP) is 1.82. The second-order valence-corrected chi connectivity index (χ2v) is 4.51. The highest BCUT2D eigenvalue weighted by Gasteiger charge is 2.16. The van der Waals surface area contributed by atoms with Gasteiger partial charge >= 0.3 is 0 Å². The molecule has 0 spiro atoms. The first-order valence-electron chi connectivity index (χ1n) is 6.03. The highest BCUT2D eigenvalue weighted by Crippen LogP contribution is 2.21. The number of benzene rings is 1. The van der Waals surface area contributed by atoms with Gasteiger partial charge in [-0.3, -0.25) is 4.79 Å². The Hall–Kier alpha value is -1.62. The highest BCUT2D eigenvalue weighted by atomic mass is 19.1. The lowest BCUT2D eigenvalue weighted by atomic mass is 10.1. The van der Waals surface area contributed by atoms with Gasteiger partial charge in [-0.1, -0.05) is 0 Å². The Bertz CT molecular complexity index is 457. The molecule has 0 saturated carbocycles. The number of hydrogen-bond donors (Lipinski definition) is 2. The summed E-state index contributed by atoms with van der Waals surface area (Å²) in [4.78, 5) is 11.1. The van der Waals surface area contributed by atoms with E-state index >= 15 is 0 Å². The minimum atomic E-state index is -0.630. The van der Waals surface area contributed by atoms with Gasteiger partial charge in [-0.05, 0) is 31.9 Å². The van der Waals surface area contributed by atoms with Crippen LogP contribution in [0, 0.1) is 12.7 Å². The zero-order valence-corrected chi connectivity index (χ0v) is 10.3. The van der Waals surface area contributed by atoms with Crippen LogP contribution >= 0.6 is 0 Å². The lowest BCUT2D eigenvalue weighted by molar-refractivity contribution is 0.1000. The summed E-state index contributed by atoms with van der Waals surface area (Å²) >= 11 is 0. The highest BCUT2D eigenvalue weighted by molar-refractivity contribution is 5.94. The molecule has 1 aromatic rings. The molecular formula is C13H17FN2O2. The van der Waals surface area contributed by atoms with Crippen molar-refractivity contribution in [2.24, 2.45) is 5.73 Å². The van der Waals surface area contributed by atoms with Crippen molar-refractivity contribution >= 4 is 11.6 Å². The largest absolute Gasteiger partial charge is 0.382 e. The summed E-state index contributed by atoms with van der Waals surface area (Å²) < 4.78 is 19.1. The van der Waals surface area contributed by atoms with Crippen LogP contribution in [-0.4, -0.2) is 25.2 Å². The average Bonchev–Trinajstić information content (AvgIpc) is 2.83. The van der Waals surface area contributed by atoms with Crippen molar-refractivity contribution in [3.8, 4) is 0 Å². The van der Waals surface area contributed by atoms with Crippen molar-refractivity contribution in [2.45, 2.75) is 25.9 Å². The summed E-state index contributed by atoms with van der Waals surface area (Å²) in [5, 5.41) is 3.12. The van der Waals surface area contributed by atoms with E-state index in [2.05, 4.69) is 5.32 Å². The summed E-state index contributed by atoms with van der Waals surface area (Å²) in [5.74, 6) is -1.06. The van der Waals surface area contributed by atoms with Crippen LogP contribution in [0.15, 0.2) is 12.1 Å². The van der Waals surface area contributed by atoms with Crippen LogP contribution in [0.3, 0.4) is 0 Å². The Morgan fingerprint density at radius 2 is 2.39 bits per heavy atom. The first kappa shape index (κ1) is 12.8. The topological polar surface area (TPSA) is 64.4 Å². The third-order valence-electron chi connectivity index (χ3n) is 3.17. The molecule has 5 heteroatoms. The molecule has 0 aromatic heterocycles. The third kappa shape index (κ3) is 2.79. The van der Waals surface area contributed by atoms with Gasteiger partial charge in [-0.25, -0.2) is 4.39 Å². The Labute approximate surface area is 105 Å². The van der Waals surface area contributed by atoms with Gasteiger partial charge in [0.1, 0.15) is 5.82 Å². The molecule has 1 saturated heterocycles. The maximum absolute atomic E-state index is 13.6. The second kappa shape index (κ2) is 5.35. The normalized spacial score (nSPS) is 18.9. The van der Waals surface area contributed by atoms with E-state index in [1.54, 1.807) is 13.0 Å². The van der Waals surface area contributed by atoms with E-state index in [9.17, 15) is 9.18 Å². The first-order chi connectivity index (χ1) is 8.58.